The van der Waals surface area contributed by atoms with Crippen molar-refractivity contribution >= 4 is 5.91 Å². The minimum absolute atomic E-state index is 0.202. The van der Waals surface area contributed by atoms with Crippen LogP contribution in [-0.2, 0) is 4.79 Å². The van der Waals surface area contributed by atoms with E-state index in [0.717, 1.165) is 51.9 Å². The maximum Gasteiger partial charge on any atom is 0.224 e. The Morgan fingerprint density at radius 1 is 1.07 bits per heavy atom. The molecule has 1 atom stereocenters. The van der Waals surface area contributed by atoms with Gasteiger partial charge < -0.3 is 16.0 Å². The quantitative estimate of drug-likeness (QED) is 0.595. The van der Waals surface area contributed by atoms with Crippen LogP contribution in [0, 0.1) is 5.92 Å². The fourth-order valence-corrected chi connectivity index (χ4v) is 2.36. The summed E-state index contributed by atoms with van der Waals surface area (Å²) >= 11 is 0. The number of carbonyl (C=O) groups excluding carboxylic acids is 1. The van der Waals surface area contributed by atoms with E-state index < -0.39 is 0 Å². The smallest absolute Gasteiger partial charge is 0.224 e. The van der Waals surface area contributed by atoms with Crippen LogP contribution in [0.2, 0.25) is 0 Å². The predicted octanol–water partition coefficient (Wildman–Crippen LogP) is -0.146. The van der Waals surface area contributed by atoms with Crippen molar-refractivity contribution in [3.05, 3.63) is 0 Å². The normalized spacial score (nSPS) is 28.7. The lowest BCUT2D eigenvalue weighted by atomic mass is 9.97. The first kappa shape index (κ1) is 10.9. The third-order valence-corrected chi connectivity index (χ3v) is 3.35. The van der Waals surface area contributed by atoms with Crippen LogP contribution < -0.4 is 16.0 Å². The number of rotatable bonds is 2. The zero-order valence-corrected chi connectivity index (χ0v) is 9.22. The largest absolute Gasteiger partial charge is 0.353 e. The lowest BCUT2D eigenvalue weighted by Crippen LogP contribution is -2.47. The van der Waals surface area contributed by atoms with Gasteiger partial charge in [0, 0.05) is 12.6 Å². The fraction of sp³-hybridized carbons (Fsp3) is 0.909. The molecule has 3 N–H and O–H groups in total. The molecule has 4 heteroatoms. The highest BCUT2D eigenvalue weighted by atomic mass is 16.2. The average molecular weight is 211 g/mol. The van der Waals surface area contributed by atoms with Gasteiger partial charge in [-0.3, -0.25) is 4.79 Å². The lowest BCUT2D eigenvalue weighted by molar-refractivity contribution is -0.126. The highest BCUT2D eigenvalue weighted by molar-refractivity contribution is 5.79. The van der Waals surface area contributed by atoms with Gasteiger partial charge in [0.05, 0.1) is 5.92 Å². The van der Waals surface area contributed by atoms with E-state index in [1.54, 1.807) is 0 Å². The maximum atomic E-state index is 11.9. The topological polar surface area (TPSA) is 53.2 Å². The van der Waals surface area contributed by atoms with Crippen molar-refractivity contribution in [3.63, 3.8) is 0 Å². The first-order valence-corrected chi connectivity index (χ1v) is 6.08. The highest BCUT2D eigenvalue weighted by Gasteiger charge is 2.23. The van der Waals surface area contributed by atoms with Crippen molar-refractivity contribution in [2.75, 3.05) is 26.2 Å². The molecular formula is C11H21N3O. The Morgan fingerprint density at radius 2 is 1.87 bits per heavy atom. The third-order valence-electron chi connectivity index (χ3n) is 3.35. The Balaban J connectivity index is 1.74. The van der Waals surface area contributed by atoms with E-state index in [1.165, 1.54) is 0 Å². The summed E-state index contributed by atoms with van der Waals surface area (Å²) in [6.45, 7) is 4.00. The summed E-state index contributed by atoms with van der Waals surface area (Å²) in [5.41, 5.74) is 0. The molecule has 2 fully saturated rings. The molecule has 2 aliphatic heterocycles. The monoisotopic (exact) mass is 211 g/mol. The van der Waals surface area contributed by atoms with E-state index in [0.29, 0.717) is 6.04 Å². The lowest BCUT2D eigenvalue weighted by Gasteiger charge is -2.27. The number of carbonyl (C=O) groups is 1. The first-order chi connectivity index (χ1) is 7.36. The molecule has 0 radical (unpaired) electrons. The van der Waals surface area contributed by atoms with E-state index in [1.807, 2.05) is 0 Å². The molecule has 2 heterocycles. The fourth-order valence-electron chi connectivity index (χ4n) is 2.36. The number of nitrogens with one attached hydrogen (secondary N) is 3. The molecule has 15 heavy (non-hydrogen) atoms. The van der Waals surface area contributed by atoms with Gasteiger partial charge in [0.25, 0.3) is 0 Å². The van der Waals surface area contributed by atoms with Crippen molar-refractivity contribution in [2.24, 2.45) is 5.92 Å². The van der Waals surface area contributed by atoms with E-state index in [4.69, 9.17) is 0 Å². The van der Waals surface area contributed by atoms with Gasteiger partial charge in [0.15, 0.2) is 0 Å². The van der Waals surface area contributed by atoms with Gasteiger partial charge in [-0.15, -0.1) is 0 Å². The molecular weight excluding hydrogens is 190 g/mol. The van der Waals surface area contributed by atoms with Gasteiger partial charge in [0.1, 0.15) is 0 Å². The molecule has 2 aliphatic rings. The number of amides is 1. The number of hydrogen-bond donors (Lipinski definition) is 3. The summed E-state index contributed by atoms with van der Waals surface area (Å²) in [4.78, 5) is 11.9. The molecule has 0 aromatic carbocycles. The molecule has 1 amide bonds. The Hall–Kier alpha value is -0.610. The van der Waals surface area contributed by atoms with Crippen LogP contribution in [0.5, 0.6) is 0 Å². The van der Waals surface area contributed by atoms with Crippen molar-refractivity contribution in [3.8, 4) is 0 Å². The minimum atomic E-state index is 0.202. The molecule has 4 nitrogen and oxygen atoms in total. The average Bonchev–Trinajstić information content (AvgIpc) is 2.31. The Kier molecular flexibility index (Phi) is 3.97. The van der Waals surface area contributed by atoms with Crippen LogP contribution in [-0.4, -0.2) is 38.1 Å². The van der Waals surface area contributed by atoms with Gasteiger partial charge in [-0.1, -0.05) is 0 Å². The second-order valence-electron chi connectivity index (χ2n) is 4.58. The van der Waals surface area contributed by atoms with Crippen molar-refractivity contribution < 1.29 is 4.79 Å². The Bertz CT molecular complexity index is 208. The SMILES string of the molecule is O=C(NC1CCNCC1)C1CCCNC1. The predicted molar refractivity (Wildman–Crippen MR) is 59.6 cm³/mol. The molecule has 0 spiro atoms. The summed E-state index contributed by atoms with van der Waals surface area (Å²) in [7, 11) is 0. The van der Waals surface area contributed by atoms with Gasteiger partial charge in [0.2, 0.25) is 5.91 Å². The standard InChI is InChI=1S/C11H21N3O/c15-11(9-2-1-5-13-8-9)14-10-3-6-12-7-4-10/h9-10,12-13H,1-8H2,(H,14,15). The zero-order chi connectivity index (χ0) is 10.5. The third kappa shape index (κ3) is 3.18. The van der Waals surface area contributed by atoms with E-state index in [2.05, 4.69) is 16.0 Å². The van der Waals surface area contributed by atoms with Crippen LogP contribution in [0.15, 0.2) is 0 Å². The van der Waals surface area contributed by atoms with Crippen LogP contribution in [0.1, 0.15) is 25.7 Å². The van der Waals surface area contributed by atoms with Gasteiger partial charge in [-0.25, -0.2) is 0 Å². The molecule has 0 bridgehead atoms. The molecule has 2 rings (SSSR count). The Labute approximate surface area is 91.2 Å². The van der Waals surface area contributed by atoms with Gasteiger partial charge in [-0.05, 0) is 45.3 Å². The molecule has 2 saturated heterocycles. The minimum Gasteiger partial charge on any atom is -0.353 e. The summed E-state index contributed by atoms with van der Waals surface area (Å²) < 4.78 is 0. The zero-order valence-electron chi connectivity index (χ0n) is 9.22. The second-order valence-corrected chi connectivity index (χ2v) is 4.58. The van der Waals surface area contributed by atoms with Crippen LogP contribution in [0.4, 0.5) is 0 Å². The van der Waals surface area contributed by atoms with E-state index >= 15 is 0 Å². The molecule has 86 valence electrons. The summed E-state index contributed by atoms with van der Waals surface area (Å²) in [6.07, 6.45) is 4.33. The van der Waals surface area contributed by atoms with Gasteiger partial charge in [-0.2, -0.15) is 0 Å². The van der Waals surface area contributed by atoms with Crippen molar-refractivity contribution in [2.45, 2.75) is 31.7 Å². The van der Waals surface area contributed by atoms with E-state index in [9.17, 15) is 4.79 Å². The number of piperidine rings is 2. The van der Waals surface area contributed by atoms with Crippen LogP contribution >= 0.6 is 0 Å². The van der Waals surface area contributed by atoms with Crippen LogP contribution in [0.25, 0.3) is 0 Å². The first-order valence-electron chi connectivity index (χ1n) is 6.08. The molecule has 0 aliphatic carbocycles. The Morgan fingerprint density at radius 3 is 2.53 bits per heavy atom. The summed E-state index contributed by atoms with van der Waals surface area (Å²) in [6, 6.07) is 0.403. The molecule has 1 unspecified atom stereocenters. The maximum absolute atomic E-state index is 11.9. The summed E-state index contributed by atoms with van der Waals surface area (Å²) in [5, 5.41) is 9.75. The van der Waals surface area contributed by atoms with E-state index in [-0.39, 0.29) is 11.8 Å². The molecule has 0 saturated carbocycles. The second kappa shape index (κ2) is 5.47. The molecule has 0 aromatic rings. The summed E-state index contributed by atoms with van der Waals surface area (Å²) in [5.74, 6) is 0.461. The molecule has 0 aromatic heterocycles. The van der Waals surface area contributed by atoms with Crippen LogP contribution in [0.3, 0.4) is 0 Å². The van der Waals surface area contributed by atoms with Crippen molar-refractivity contribution in [1.82, 2.24) is 16.0 Å². The number of hydrogen-bond acceptors (Lipinski definition) is 3. The van der Waals surface area contributed by atoms with Crippen molar-refractivity contribution in [1.29, 1.82) is 0 Å². The highest BCUT2D eigenvalue weighted by Crippen LogP contribution is 2.11. The van der Waals surface area contributed by atoms with Gasteiger partial charge >= 0.3 is 0 Å².